The first-order valence-electron chi connectivity index (χ1n) is 7.30. The fraction of sp³-hybridized carbons (Fsp3) is 0.500. The Morgan fingerprint density at radius 1 is 1.33 bits per heavy atom. The molecule has 1 aromatic rings. The third-order valence-electron chi connectivity index (χ3n) is 4.15. The summed E-state index contributed by atoms with van der Waals surface area (Å²) >= 11 is 0.609. The quantitative estimate of drug-likeness (QED) is 0.546. The number of carboxylic acid groups (broad SMARTS) is 1. The van der Waals surface area contributed by atoms with E-state index >= 15 is 0 Å². The second-order valence-corrected chi connectivity index (χ2v) is 8.60. The molecule has 1 unspecified atom stereocenters. The molecular weight excluding hydrogens is 354 g/mol. The van der Waals surface area contributed by atoms with Crippen molar-refractivity contribution in [2.24, 2.45) is 4.58 Å². The molecule has 0 saturated carbocycles. The van der Waals surface area contributed by atoms with E-state index in [9.17, 15) is 23.2 Å². The monoisotopic (exact) mass is 373 g/mol. The van der Waals surface area contributed by atoms with Crippen molar-refractivity contribution in [3.63, 3.8) is 0 Å². The van der Waals surface area contributed by atoms with Gasteiger partial charge < -0.3 is 10.0 Å². The van der Waals surface area contributed by atoms with Gasteiger partial charge in [-0.15, -0.1) is 4.91 Å². The molecule has 0 aromatic heterocycles. The summed E-state index contributed by atoms with van der Waals surface area (Å²) in [6, 6.07) is 6.09. The van der Waals surface area contributed by atoms with Crippen LogP contribution in [0.5, 0.6) is 0 Å². The molecular formula is C14H19N3O5S2. The molecule has 1 atom stereocenters. The third-order valence-corrected chi connectivity index (χ3v) is 6.67. The van der Waals surface area contributed by atoms with Crippen molar-refractivity contribution in [3.05, 3.63) is 35.2 Å². The molecule has 1 fully saturated rings. The number of hydrogen-bond donors (Lipinski definition) is 2. The zero-order valence-corrected chi connectivity index (χ0v) is 14.7. The Labute approximate surface area is 144 Å². The van der Waals surface area contributed by atoms with Crippen molar-refractivity contribution in [2.75, 3.05) is 20.1 Å². The Morgan fingerprint density at radius 3 is 2.42 bits per heavy atom. The summed E-state index contributed by atoms with van der Waals surface area (Å²) in [5.41, 5.74) is 0. The van der Waals surface area contributed by atoms with Crippen molar-refractivity contribution < 1.29 is 18.3 Å². The average molecular weight is 373 g/mol. The molecule has 1 aliphatic heterocycles. The van der Waals surface area contributed by atoms with Crippen LogP contribution in [0, 0.1) is 4.91 Å². The molecule has 0 bridgehead atoms. The summed E-state index contributed by atoms with van der Waals surface area (Å²) in [7, 11) is -2.14. The molecule has 0 amide bonds. The number of benzene rings is 1. The van der Waals surface area contributed by atoms with Crippen molar-refractivity contribution in [3.8, 4) is 0 Å². The van der Waals surface area contributed by atoms with E-state index in [-0.39, 0.29) is 4.90 Å². The maximum absolute atomic E-state index is 12.5. The Bertz CT molecular complexity index is 688. The Hall–Kier alpha value is -1.49. The molecule has 24 heavy (non-hydrogen) atoms. The molecule has 0 spiro atoms. The highest BCUT2D eigenvalue weighted by atomic mass is 32.2. The zero-order valence-electron chi connectivity index (χ0n) is 13.1. The van der Waals surface area contributed by atoms with Gasteiger partial charge >= 0.3 is 5.97 Å². The van der Waals surface area contributed by atoms with Gasteiger partial charge in [-0.25, -0.2) is 8.42 Å². The largest absolute Gasteiger partial charge is 0.480 e. The third kappa shape index (κ3) is 4.12. The number of hydrogen-bond acceptors (Lipinski definition) is 7. The lowest BCUT2D eigenvalue weighted by molar-refractivity contribution is -0.140. The highest BCUT2D eigenvalue weighted by Gasteiger charge is 2.48. The van der Waals surface area contributed by atoms with Crippen LogP contribution in [0.4, 0.5) is 0 Å². The SMILES string of the molecule is CN1CCC(SN=O)(C(NS(=O)(=O)c2ccccc2)C(=O)O)CC1. The van der Waals surface area contributed by atoms with Crippen LogP contribution in [-0.2, 0) is 14.8 Å². The first-order valence-corrected chi connectivity index (χ1v) is 9.56. The molecule has 0 aliphatic carbocycles. The van der Waals surface area contributed by atoms with E-state index < -0.39 is 26.8 Å². The van der Waals surface area contributed by atoms with Gasteiger partial charge in [-0.1, -0.05) is 18.2 Å². The van der Waals surface area contributed by atoms with Crippen LogP contribution in [0.1, 0.15) is 12.8 Å². The van der Waals surface area contributed by atoms with Crippen molar-refractivity contribution >= 4 is 27.9 Å². The number of aliphatic carboxylic acids is 1. The first kappa shape index (κ1) is 18.8. The number of nitroso groups, excluding NO2 is 1. The Morgan fingerprint density at radius 2 is 1.92 bits per heavy atom. The van der Waals surface area contributed by atoms with Crippen molar-refractivity contribution in [2.45, 2.75) is 28.5 Å². The predicted octanol–water partition coefficient (Wildman–Crippen LogP) is 1.30. The number of carboxylic acids is 1. The van der Waals surface area contributed by atoms with Gasteiger partial charge in [-0.3, -0.25) is 4.79 Å². The second kappa shape index (κ2) is 7.60. The highest BCUT2D eigenvalue weighted by Crippen LogP contribution is 2.40. The minimum absolute atomic E-state index is 0.0246. The van der Waals surface area contributed by atoms with Gasteiger partial charge in [-0.05, 0) is 45.1 Å². The molecule has 0 radical (unpaired) electrons. The average Bonchev–Trinajstić information content (AvgIpc) is 2.56. The van der Waals surface area contributed by atoms with E-state index in [1.165, 1.54) is 12.1 Å². The number of carbonyl (C=O) groups is 1. The van der Waals surface area contributed by atoms with Crippen LogP contribution in [0.15, 0.2) is 39.8 Å². The predicted molar refractivity (Wildman–Crippen MR) is 91.0 cm³/mol. The van der Waals surface area contributed by atoms with Gasteiger partial charge in [0.05, 0.1) is 9.64 Å². The molecule has 1 heterocycles. The summed E-state index contributed by atoms with van der Waals surface area (Å²) < 4.78 is 29.0. The molecule has 2 rings (SSSR count). The number of rotatable bonds is 7. The molecule has 1 aliphatic rings. The van der Waals surface area contributed by atoms with Crippen LogP contribution < -0.4 is 4.72 Å². The van der Waals surface area contributed by atoms with Gasteiger partial charge in [0.25, 0.3) is 0 Å². The summed E-state index contributed by atoms with van der Waals surface area (Å²) in [6.45, 7) is 1.11. The molecule has 132 valence electrons. The van der Waals surface area contributed by atoms with Crippen LogP contribution in [0.2, 0.25) is 0 Å². The van der Waals surface area contributed by atoms with Crippen LogP contribution >= 0.6 is 11.9 Å². The normalized spacial score (nSPS) is 19.5. The van der Waals surface area contributed by atoms with E-state index in [0.717, 1.165) is 0 Å². The molecule has 1 aromatic carbocycles. The van der Waals surface area contributed by atoms with Gasteiger partial charge in [0, 0.05) is 16.5 Å². The van der Waals surface area contributed by atoms with Gasteiger partial charge in [0.15, 0.2) is 0 Å². The lowest BCUT2D eigenvalue weighted by Crippen LogP contribution is -2.58. The van der Waals surface area contributed by atoms with Gasteiger partial charge in [0.2, 0.25) is 10.0 Å². The summed E-state index contributed by atoms with van der Waals surface area (Å²) in [5, 5.41) is 9.60. The highest BCUT2D eigenvalue weighted by molar-refractivity contribution is 7.99. The number of nitrogens with zero attached hydrogens (tertiary/aromatic N) is 2. The van der Waals surface area contributed by atoms with Gasteiger partial charge in [0.1, 0.15) is 6.04 Å². The van der Waals surface area contributed by atoms with Crippen molar-refractivity contribution in [1.29, 1.82) is 0 Å². The summed E-state index contributed by atoms with van der Waals surface area (Å²) in [5.74, 6) is -1.32. The number of sulfonamides is 1. The summed E-state index contributed by atoms with van der Waals surface area (Å²) in [6.07, 6.45) is 0.683. The number of nitrogens with one attached hydrogen (secondary N) is 1. The van der Waals surface area contributed by atoms with Crippen molar-refractivity contribution in [1.82, 2.24) is 9.62 Å². The topological polar surface area (TPSA) is 116 Å². The van der Waals surface area contributed by atoms with Crippen LogP contribution in [0.3, 0.4) is 0 Å². The molecule has 8 nitrogen and oxygen atoms in total. The van der Waals surface area contributed by atoms with E-state index in [2.05, 4.69) is 9.30 Å². The fourth-order valence-corrected chi connectivity index (χ4v) is 4.85. The maximum Gasteiger partial charge on any atom is 0.323 e. The van der Waals surface area contributed by atoms with E-state index in [1.54, 1.807) is 18.2 Å². The second-order valence-electron chi connectivity index (χ2n) is 5.74. The molecule has 2 N–H and O–H groups in total. The molecule has 1 saturated heterocycles. The van der Waals surface area contributed by atoms with Crippen LogP contribution in [0.25, 0.3) is 0 Å². The van der Waals surface area contributed by atoms with Crippen LogP contribution in [-0.4, -0.2) is 55.3 Å². The number of piperidine rings is 1. The lowest BCUT2D eigenvalue weighted by atomic mass is 9.89. The lowest BCUT2D eigenvalue weighted by Gasteiger charge is -2.41. The summed E-state index contributed by atoms with van der Waals surface area (Å²) in [4.78, 5) is 24.6. The standard InChI is InChI=1S/C14H19N3O5S2/c1-17-9-7-14(8-10-17,23-16-20)12(13(18)19)15-24(21,22)11-5-3-2-4-6-11/h2-6,12,15H,7-10H2,1H3,(H,18,19). The van der Waals surface area contributed by atoms with E-state index in [0.29, 0.717) is 37.9 Å². The first-order chi connectivity index (χ1) is 11.3. The fourth-order valence-electron chi connectivity index (χ4n) is 2.71. The Kier molecular flexibility index (Phi) is 5.97. The maximum atomic E-state index is 12.5. The minimum Gasteiger partial charge on any atom is -0.480 e. The Balaban J connectivity index is 2.34. The smallest absolute Gasteiger partial charge is 0.323 e. The van der Waals surface area contributed by atoms with E-state index in [1.807, 2.05) is 11.9 Å². The zero-order chi connectivity index (χ0) is 17.8. The molecule has 10 heteroatoms. The minimum atomic E-state index is -4.03. The number of likely N-dealkylation sites (tertiary alicyclic amines) is 1. The van der Waals surface area contributed by atoms with Gasteiger partial charge in [-0.2, -0.15) is 4.72 Å². The van der Waals surface area contributed by atoms with E-state index in [4.69, 9.17) is 0 Å².